The first-order valence-corrected chi connectivity index (χ1v) is 9.30. The zero-order chi connectivity index (χ0) is 16.4. The number of benzene rings is 1. The van der Waals surface area contributed by atoms with Crippen LogP contribution in [-0.2, 0) is 6.54 Å². The van der Waals surface area contributed by atoms with Crippen LogP contribution in [0.2, 0.25) is 5.02 Å². The van der Waals surface area contributed by atoms with Crippen LogP contribution in [0.15, 0.2) is 34.9 Å². The van der Waals surface area contributed by atoms with Crippen molar-refractivity contribution in [2.24, 2.45) is 5.92 Å². The van der Waals surface area contributed by atoms with E-state index in [1.54, 1.807) is 6.26 Å². The maximum Gasteiger partial charge on any atom is 0.226 e. The highest BCUT2D eigenvalue weighted by Crippen LogP contribution is 2.28. The van der Waals surface area contributed by atoms with Gasteiger partial charge in [0.2, 0.25) is 5.89 Å². The molecule has 0 spiro atoms. The van der Waals surface area contributed by atoms with Crippen LogP contribution in [0, 0.1) is 5.92 Å². The van der Waals surface area contributed by atoms with Crippen LogP contribution in [0.1, 0.15) is 31.4 Å². The molecule has 1 aliphatic carbocycles. The molecular formula is C19H25Cl2N3O. The molecule has 4 nitrogen and oxygen atoms in total. The fraction of sp³-hybridized carbons (Fsp3) is 0.526. The van der Waals surface area contributed by atoms with E-state index in [-0.39, 0.29) is 12.4 Å². The number of halogens is 2. The number of hydrogen-bond donors (Lipinski definition) is 1. The van der Waals surface area contributed by atoms with E-state index < -0.39 is 0 Å². The van der Waals surface area contributed by atoms with Gasteiger partial charge >= 0.3 is 0 Å². The van der Waals surface area contributed by atoms with Gasteiger partial charge < -0.3 is 9.73 Å². The second-order valence-corrected chi connectivity index (χ2v) is 7.49. The van der Waals surface area contributed by atoms with Gasteiger partial charge in [0.05, 0.1) is 5.69 Å². The number of nitrogens with one attached hydrogen (secondary N) is 1. The molecule has 1 aromatic carbocycles. The molecule has 0 amide bonds. The number of hydrogen-bond acceptors (Lipinski definition) is 4. The van der Waals surface area contributed by atoms with Crippen molar-refractivity contribution in [2.45, 2.75) is 38.3 Å². The summed E-state index contributed by atoms with van der Waals surface area (Å²) in [5.74, 6) is 1.63. The Balaban J connectivity index is 0.00000182. The molecule has 0 radical (unpaired) electrons. The molecule has 2 aromatic rings. The highest BCUT2D eigenvalue weighted by Gasteiger charge is 2.24. The molecule has 1 aromatic heterocycles. The predicted molar refractivity (Wildman–Crippen MR) is 103 cm³/mol. The second-order valence-electron chi connectivity index (χ2n) is 7.05. The van der Waals surface area contributed by atoms with Crippen LogP contribution in [0.4, 0.5) is 0 Å². The predicted octanol–water partition coefficient (Wildman–Crippen LogP) is 4.38. The van der Waals surface area contributed by atoms with Gasteiger partial charge in [-0.1, -0.05) is 11.6 Å². The Bertz CT molecular complexity index is 662. The monoisotopic (exact) mass is 381 g/mol. The van der Waals surface area contributed by atoms with Gasteiger partial charge in [-0.3, -0.25) is 4.90 Å². The zero-order valence-corrected chi connectivity index (χ0v) is 15.9. The molecule has 25 heavy (non-hydrogen) atoms. The van der Waals surface area contributed by atoms with E-state index in [1.807, 2.05) is 24.3 Å². The fourth-order valence-electron chi connectivity index (χ4n) is 3.28. The maximum atomic E-state index is 5.93. The maximum absolute atomic E-state index is 5.93. The third kappa shape index (κ3) is 5.20. The third-order valence-electron chi connectivity index (χ3n) is 5.01. The van der Waals surface area contributed by atoms with E-state index >= 15 is 0 Å². The molecule has 2 aliphatic rings. The summed E-state index contributed by atoms with van der Waals surface area (Å²) in [6, 6.07) is 8.30. The van der Waals surface area contributed by atoms with Crippen LogP contribution in [0.5, 0.6) is 0 Å². The molecule has 1 saturated carbocycles. The Morgan fingerprint density at radius 2 is 1.84 bits per heavy atom. The molecule has 0 atom stereocenters. The van der Waals surface area contributed by atoms with Gasteiger partial charge in [0.1, 0.15) is 6.26 Å². The van der Waals surface area contributed by atoms with Gasteiger partial charge in [0, 0.05) is 36.3 Å². The fourth-order valence-corrected chi connectivity index (χ4v) is 3.41. The van der Waals surface area contributed by atoms with E-state index in [0.29, 0.717) is 11.9 Å². The molecule has 2 fully saturated rings. The lowest BCUT2D eigenvalue weighted by molar-refractivity contribution is 0.188. The van der Waals surface area contributed by atoms with Gasteiger partial charge in [-0.2, -0.15) is 0 Å². The van der Waals surface area contributed by atoms with Gasteiger partial charge in [0.15, 0.2) is 0 Å². The quantitative estimate of drug-likeness (QED) is 0.805. The molecule has 6 heteroatoms. The van der Waals surface area contributed by atoms with Crippen LogP contribution in [-0.4, -0.2) is 35.6 Å². The number of likely N-dealkylation sites (tertiary alicyclic amines) is 1. The SMILES string of the molecule is Cl.Clc1ccc(-c2nc(CN3CCC(NCC4CC4)CC3)co2)cc1. The van der Waals surface area contributed by atoms with Gasteiger partial charge in [-0.25, -0.2) is 4.98 Å². The van der Waals surface area contributed by atoms with Crippen molar-refractivity contribution < 1.29 is 4.42 Å². The number of piperidine rings is 1. The van der Waals surface area contributed by atoms with E-state index in [0.717, 1.165) is 41.8 Å². The number of oxazole rings is 1. The molecular weight excluding hydrogens is 357 g/mol. The van der Waals surface area contributed by atoms with Crippen molar-refractivity contribution in [3.63, 3.8) is 0 Å². The summed E-state index contributed by atoms with van der Waals surface area (Å²) >= 11 is 5.93. The van der Waals surface area contributed by atoms with Crippen LogP contribution < -0.4 is 5.32 Å². The smallest absolute Gasteiger partial charge is 0.226 e. The van der Waals surface area contributed by atoms with Crippen molar-refractivity contribution in [2.75, 3.05) is 19.6 Å². The minimum Gasteiger partial charge on any atom is -0.444 e. The van der Waals surface area contributed by atoms with Crippen molar-refractivity contribution >= 4 is 24.0 Å². The molecule has 1 N–H and O–H groups in total. The van der Waals surface area contributed by atoms with Gasteiger partial charge in [0.25, 0.3) is 0 Å². The average Bonchev–Trinajstić information content (AvgIpc) is 3.33. The van der Waals surface area contributed by atoms with E-state index in [1.165, 1.54) is 32.2 Å². The summed E-state index contributed by atoms with van der Waals surface area (Å²) in [5.41, 5.74) is 1.97. The van der Waals surface area contributed by atoms with Crippen LogP contribution in [0.25, 0.3) is 11.5 Å². The number of rotatable bonds is 6. The molecule has 136 valence electrons. The van der Waals surface area contributed by atoms with E-state index in [9.17, 15) is 0 Å². The highest BCUT2D eigenvalue weighted by molar-refractivity contribution is 6.30. The minimum absolute atomic E-state index is 0. The summed E-state index contributed by atoms with van der Waals surface area (Å²) in [6.45, 7) is 4.35. The molecule has 2 heterocycles. The highest BCUT2D eigenvalue weighted by atomic mass is 35.5. The molecule has 1 aliphatic heterocycles. The Kier molecular flexibility index (Phi) is 6.39. The zero-order valence-electron chi connectivity index (χ0n) is 14.3. The summed E-state index contributed by atoms with van der Waals surface area (Å²) in [4.78, 5) is 7.10. The van der Waals surface area contributed by atoms with Crippen LogP contribution in [0.3, 0.4) is 0 Å². The third-order valence-corrected chi connectivity index (χ3v) is 5.26. The minimum atomic E-state index is 0. The average molecular weight is 382 g/mol. The Hall–Kier alpha value is -1.07. The summed E-state index contributed by atoms with van der Waals surface area (Å²) in [6.07, 6.45) is 7.09. The second kappa shape index (κ2) is 8.54. The van der Waals surface area contributed by atoms with Gasteiger partial charge in [-0.05, 0) is 62.4 Å². The Morgan fingerprint density at radius 3 is 2.52 bits per heavy atom. The Morgan fingerprint density at radius 1 is 1.12 bits per heavy atom. The lowest BCUT2D eigenvalue weighted by atomic mass is 10.0. The molecule has 1 saturated heterocycles. The summed E-state index contributed by atoms with van der Waals surface area (Å²) < 4.78 is 5.63. The van der Waals surface area contributed by atoms with Crippen LogP contribution >= 0.6 is 24.0 Å². The normalized spacial score (nSPS) is 18.9. The van der Waals surface area contributed by atoms with Crippen molar-refractivity contribution in [1.29, 1.82) is 0 Å². The number of aromatic nitrogens is 1. The largest absolute Gasteiger partial charge is 0.444 e. The Labute approximate surface area is 160 Å². The van der Waals surface area contributed by atoms with Crippen molar-refractivity contribution in [3.8, 4) is 11.5 Å². The molecule has 4 rings (SSSR count). The summed E-state index contributed by atoms with van der Waals surface area (Å²) in [5, 5.41) is 4.45. The number of nitrogens with zero attached hydrogens (tertiary/aromatic N) is 2. The first-order chi connectivity index (χ1) is 11.8. The van der Waals surface area contributed by atoms with E-state index in [2.05, 4.69) is 15.2 Å². The van der Waals surface area contributed by atoms with E-state index in [4.69, 9.17) is 16.0 Å². The lowest BCUT2D eigenvalue weighted by Crippen LogP contribution is -2.42. The first kappa shape index (κ1) is 18.7. The van der Waals surface area contributed by atoms with Gasteiger partial charge in [-0.15, -0.1) is 12.4 Å². The summed E-state index contributed by atoms with van der Waals surface area (Å²) in [7, 11) is 0. The first-order valence-electron chi connectivity index (χ1n) is 8.92. The van der Waals surface area contributed by atoms with Crippen molar-refractivity contribution in [1.82, 2.24) is 15.2 Å². The lowest BCUT2D eigenvalue weighted by Gasteiger charge is -2.31. The topological polar surface area (TPSA) is 41.3 Å². The molecule has 0 bridgehead atoms. The van der Waals surface area contributed by atoms with Crippen molar-refractivity contribution in [3.05, 3.63) is 41.2 Å². The molecule has 0 unspecified atom stereocenters. The standard InChI is InChI=1S/C19H24ClN3O.ClH/c20-16-5-3-15(4-6-16)19-22-18(13-24-19)12-23-9-7-17(8-10-23)21-11-14-1-2-14;/h3-6,13-14,17,21H,1-2,7-12H2;1H.